The maximum atomic E-state index is 13.4. The molecule has 0 aliphatic carbocycles. The first kappa shape index (κ1) is 34.0. The number of nitrogens with one attached hydrogen (secondary N) is 3. The first-order valence-electron chi connectivity index (χ1n) is 15.1. The number of hydrogen-bond acceptors (Lipinski definition) is 8. The zero-order chi connectivity index (χ0) is 33.9. The second-order valence-electron chi connectivity index (χ2n) is 10.4. The summed E-state index contributed by atoms with van der Waals surface area (Å²) in [7, 11) is 1.62. The maximum absolute atomic E-state index is 13.4. The summed E-state index contributed by atoms with van der Waals surface area (Å²) in [6.07, 6.45) is 1.61. The number of thiazole rings is 1. The number of aromatic nitrogens is 1. The molecule has 0 saturated carbocycles. The molecule has 1 heterocycles. The van der Waals surface area contributed by atoms with E-state index in [0.29, 0.717) is 34.3 Å². The number of methoxy groups -OCH3 is 1. The van der Waals surface area contributed by atoms with Crippen LogP contribution in [0.4, 0.5) is 10.8 Å². The number of nitrogens with zero attached hydrogens (tertiary/aromatic N) is 1. The van der Waals surface area contributed by atoms with Gasteiger partial charge in [0.1, 0.15) is 17.2 Å². The van der Waals surface area contributed by atoms with Crippen molar-refractivity contribution < 1.29 is 23.9 Å². The summed E-state index contributed by atoms with van der Waals surface area (Å²) in [6, 6.07) is 30.6. The van der Waals surface area contributed by atoms with E-state index >= 15 is 0 Å². The van der Waals surface area contributed by atoms with Crippen LogP contribution in [0, 0.1) is 0 Å². The van der Waals surface area contributed by atoms with Crippen LogP contribution in [-0.2, 0) is 9.59 Å². The van der Waals surface area contributed by atoms with Gasteiger partial charge in [0, 0.05) is 27.1 Å². The smallest absolute Gasteiger partial charge is 0.272 e. The summed E-state index contributed by atoms with van der Waals surface area (Å²) in [5.41, 5.74) is 3.45. The highest BCUT2D eigenvalue weighted by molar-refractivity contribution is 8.00. The molecule has 0 aliphatic heterocycles. The molecule has 11 heteroatoms. The van der Waals surface area contributed by atoms with Gasteiger partial charge in [-0.1, -0.05) is 30.3 Å². The highest BCUT2D eigenvalue weighted by atomic mass is 32.2. The standard InChI is InChI=1S/C37H34N4O5S2/c1-4-46-30-16-10-25(11-17-30)22-32(39-35(43)27-8-6-5-7-9-27)36(44)38-28-14-20-31(21-15-28)48-24(2)34(42)41-37-40-33(23-47-37)26-12-18-29(45-3)19-13-26/h5-24H,4H2,1-3H3,(H,38,44)(H,39,43)(H,40,41,42)/b32-22-. The first-order valence-corrected chi connectivity index (χ1v) is 16.9. The Morgan fingerprint density at radius 1 is 0.875 bits per heavy atom. The molecule has 0 spiro atoms. The minimum atomic E-state index is -0.487. The van der Waals surface area contributed by atoms with Crippen molar-refractivity contribution in [1.29, 1.82) is 0 Å². The van der Waals surface area contributed by atoms with E-state index in [1.807, 2.05) is 73.8 Å². The quantitative estimate of drug-likeness (QED) is 0.0861. The van der Waals surface area contributed by atoms with Crippen molar-refractivity contribution in [2.24, 2.45) is 0 Å². The molecule has 1 aromatic heterocycles. The van der Waals surface area contributed by atoms with Crippen LogP contribution in [0.15, 0.2) is 119 Å². The fourth-order valence-corrected chi connectivity index (χ4v) is 6.03. The van der Waals surface area contributed by atoms with Crippen molar-refractivity contribution in [2.45, 2.75) is 24.0 Å². The van der Waals surface area contributed by atoms with Crippen molar-refractivity contribution in [3.63, 3.8) is 0 Å². The van der Waals surface area contributed by atoms with Gasteiger partial charge in [0.25, 0.3) is 11.8 Å². The number of ether oxygens (including phenoxy) is 2. The maximum Gasteiger partial charge on any atom is 0.272 e. The molecular weight excluding hydrogens is 645 g/mol. The lowest BCUT2D eigenvalue weighted by Crippen LogP contribution is -2.30. The lowest BCUT2D eigenvalue weighted by Gasteiger charge is -2.13. The number of benzene rings is 4. The third kappa shape index (κ3) is 9.34. The van der Waals surface area contributed by atoms with Gasteiger partial charge >= 0.3 is 0 Å². The number of carbonyl (C=O) groups excluding carboxylic acids is 3. The zero-order valence-electron chi connectivity index (χ0n) is 26.6. The summed E-state index contributed by atoms with van der Waals surface area (Å²) in [4.78, 5) is 44.7. The van der Waals surface area contributed by atoms with E-state index in [9.17, 15) is 14.4 Å². The van der Waals surface area contributed by atoms with Crippen molar-refractivity contribution in [3.8, 4) is 22.8 Å². The van der Waals surface area contributed by atoms with Crippen molar-refractivity contribution in [2.75, 3.05) is 24.4 Å². The van der Waals surface area contributed by atoms with Gasteiger partial charge in [0.05, 0.1) is 24.7 Å². The van der Waals surface area contributed by atoms with E-state index < -0.39 is 17.1 Å². The van der Waals surface area contributed by atoms with E-state index in [1.165, 1.54) is 23.1 Å². The second kappa shape index (κ2) is 16.4. The summed E-state index contributed by atoms with van der Waals surface area (Å²) in [5, 5.41) is 10.5. The molecule has 3 N–H and O–H groups in total. The van der Waals surface area contributed by atoms with Crippen LogP contribution in [0.5, 0.6) is 11.5 Å². The number of amides is 3. The second-order valence-corrected chi connectivity index (χ2v) is 12.6. The van der Waals surface area contributed by atoms with Gasteiger partial charge in [-0.2, -0.15) is 0 Å². The normalized spacial score (nSPS) is 11.7. The molecule has 0 fully saturated rings. The van der Waals surface area contributed by atoms with E-state index in [2.05, 4.69) is 20.9 Å². The molecule has 0 saturated heterocycles. The summed E-state index contributed by atoms with van der Waals surface area (Å²) >= 11 is 2.75. The summed E-state index contributed by atoms with van der Waals surface area (Å²) < 4.78 is 10.7. The van der Waals surface area contributed by atoms with E-state index in [-0.39, 0.29) is 11.6 Å². The fraction of sp³-hybridized carbons (Fsp3) is 0.135. The zero-order valence-corrected chi connectivity index (χ0v) is 28.2. The third-order valence-corrected chi connectivity index (χ3v) is 8.81. The number of anilines is 2. The largest absolute Gasteiger partial charge is 0.497 e. The van der Waals surface area contributed by atoms with Crippen LogP contribution in [0.1, 0.15) is 29.8 Å². The molecule has 9 nitrogen and oxygen atoms in total. The first-order chi connectivity index (χ1) is 23.3. The lowest BCUT2D eigenvalue weighted by molar-refractivity contribution is -0.115. The predicted molar refractivity (Wildman–Crippen MR) is 193 cm³/mol. The van der Waals surface area contributed by atoms with Gasteiger partial charge in [-0.15, -0.1) is 23.1 Å². The highest BCUT2D eigenvalue weighted by Crippen LogP contribution is 2.29. The predicted octanol–water partition coefficient (Wildman–Crippen LogP) is 7.75. The number of hydrogen-bond donors (Lipinski definition) is 3. The van der Waals surface area contributed by atoms with Crippen LogP contribution in [-0.4, -0.2) is 41.7 Å². The van der Waals surface area contributed by atoms with E-state index in [4.69, 9.17) is 9.47 Å². The topological polar surface area (TPSA) is 119 Å². The summed E-state index contributed by atoms with van der Waals surface area (Å²) in [6.45, 7) is 4.27. The molecule has 5 rings (SSSR count). The van der Waals surface area contributed by atoms with Crippen molar-refractivity contribution >= 4 is 57.7 Å². The van der Waals surface area contributed by atoms with Crippen molar-refractivity contribution in [3.05, 3.63) is 125 Å². The average molecular weight is 679 g/mol. The molecule has 0 aliphatic rings. The van der Waals surface area contributed by atoms with E-state index in [1.54, 1.807) is 61.7 Å². The highest BCUT2D eigenvalue weighted by Gasteiger charge is 2.18. The fourth-order valence-electron chi connectivity index (χ4n) is 4.44. The minimum Gasteiger partial charge on any atom is -0.497 e. The van der Waals surface area contributed by atoms with Gasteiger partial charge in [-0.25, -0.2) is 4.98 Å². The third-order valence-electron chi connectivity index (χ3n) is 6.95. The molecule has 1 atom stereocenters. The van der Waals surface area contributed by atoms with Crippen LogP contribution in [0.3, 0.4) is 0 Å². The molecule has 1 unspecified atom stereocenters. The molecule has 0 radical (unpaired) electrons. The average Bonchev–Trinajstić information content (AvgIpc) is 3.58. The van der Waals surface area contributed by atoms with Crippen LogP contribution in [0.2, 0.25) is 0 Å². The minimum absolute atomic E-state index is 0.0779. The Hall–Kier alpha value is -5.39. The monoisotopic (exact) mass is 678 g/mol. The SMILES string of the molecule is CCOc1ccc(/C=C(\NC(=O)c2ccccc2)C(=O)Nc2ccc(SC(C)C(=O)Nc3nc(-c4ccc(OC)cc4)cs3)cc2)cc1. The van der Waals surface area contributed by atoms with Crippen LogP contribution < -0.4 is 25.4 Å². The Morgan fingerprint density at radius 2 is 1.56 bits per heavy atom. The van der Waals surface area contributed by atoms with Gasteiger partial charge in [-0.3, -0.25) is 14.4 Å². The van der Waals surface area contributed by atoms with Crippen LogP contribution in [0.25, 0.3) is 17.3 Å². The van der Waals surface area contributed by atoms with Crippen LogP contribution >= 0.6 is 23.1 Å². The Bertz CT molecular complexity index is 1870. The molecule has 48 heavy (non-hydrogen) atoms. The van der Waals surface area contributed by atoms with Crippen molar-refractivity contribution in [1.82, 2.24) is 10.3 Å². The molecule has 4 aromatic carbocycles. The molecule has 5 aromatic rings. The Labute approximate surface area is 287 Å². The molecular formula is C37H34N4O5S2. The molecule has 3 amide bonds. The Balaban J connectivity index is 1.21. The molecule has 0 bridgehead atoms. The number of rotatable bonds is 13. The lowest BCUT2D eigenvalue weighted by atomic mass is 10.1. The number of carbonyl (C=O) groups is 3. The van der Waals surface area contributed by atoms with E-state index in [0.717, 1.165) is 21.9 Å². The van der Waals surface area contributed by atoms with Gasteiger partial charge in [0.15, 0.2) is 5.13 Å². The van der Waals surface area contributed by atoms with Gasteiger partial charge in [0.2, 0.25) is 5.91 Å². The summed E-state index contributed by atoms with van der Waals surface area (Å²) in [5.74, 6) is 0.403. The van der Waals surface area contributed by atoms with Gasteiger partial charge in [-0.05, 0) is 98.3 Å². The van der Waals surface area contributed by atoms with Gasteiger partial charge < -0.3 is 25.4 Å². The number of thioether (sulfide) groups is 1. The molecule has 244 valence electrons. The Morgan fingerprint density at radius 3 is 2.23 bits per heavy atom. The Kier molecular flexibility index (Phi) is 11.6.